The molecule has 1 aromatic carbocycles. The van der Waals surface area contributed by atoms with Crippen molar-refractivity contribution >= 4 is 5.91 Å². The lowest BCUT2D eigenvalue weighted by molar-refractivity contribution is -0.124. The Balaban J connectivity index is 1.57. The third kappa shape index (κ3) is 3.53. The van der Waals surface area contributed by atoms with Crippen LogP contribution in [0, 0.1) is 5.92 Å². The number of carbonyl (C=O) groups excluding carboxylic acids is 1. The predicted octanol–water partition coefficient (Wildman–Crippen LogP) is 1.85. The lowest BCUT2D eigenvalue weighted by atomic mass is 9.96. The second-order valence-corrected chi connectivity index (χ2v) is 6.72. The van der Waals surface area contributed by atoms with E-state index in [0.29, 0.717) is 19.8 Å². The summed E-state index contributed by atoms with van der Waals surface area (Å²) in [5, 5.41) is 6.40. The van der Waals surface area contributed by atoms with E-state index in [2.05, 4.69) is 24.5 Å². The van der Waals surface area contributed by atoms with Crippen LogP contribution in [-0.2, 0) is 11.3 Å². The number of amides is 1. The van der Waals surface area contributed by atoms with Crippen LogP contribution in [0.1, 0.15) is 32.3 Å². The molecule has 1 unspecified atom stereocenters. The van der Waals surface area contributed by atoms with E-state index in [-0.39, 0.29) is 17.4 Å². The van der Waals surface area contributed by atoms with Crippen molar-refractivity contribution in [3.8, 4) is 11.5 Å². The van der Waals surface area contributed by atoms with Gasteiger partial charge in [-0.25, -0.2) is 0 Å². The quantitative estimate of drug-likeness (QED) is 0.895. The summed E-state index contributed by atoms with van der Waals surface area (Å²) in [6.07, 6.45) is 1.77. The van der Waals surface area contributed by atoms with Crippen molar-refractivity contribution in [1.29, 1.82) is 0 Å². The Hall–Kier alpha value is -1.75. The molecule has 5 nitrogen and oxygen atoms in total. The molecule has 5 heteroatoms. The van der Waals surface area contributed by atoms with Gasteiger partial charge in [0, 0.05) is 25.0 Å². The van der Waals surface area contributed by atoms with Gasteiger partial charge >= 0.3 is 0 Å². The zero-order valence-electron chi connectivity index (χ0n) is 13.3. The second kappa shape index (κ2) is 6.16. The van der Waals surface area contributed by atoms with E-state index in [1.165, 1.54) is 0 Å². The van der Waals surface area contributed by atoms with Gasteiger partial charge in [0.1, 0.15) is 0 Å². The normalized spacial score (nSPS) is 22.9. The van der Waals surface area contributed by atoms with Crippen LogP contribution in [0.3, 0.4) is 0 Å². The smallest absolute Gasteiger partial charge is 0.224 e. The molecule has 0 radical (unpaired) electrons. The number of ether oxygens (including phenoxy) is 2. The molecule has 0 bridgehead atoms. The highest BCUT2D eigenvalue weighted by Gasteiger charge is 2.34. The van der Waals surface area contributed by atoms with Crippen molar-refractivity contribution in [1.82, 2.24) is 10.6 Å². The molecule has 2 heterocycles. The maximum Gasteiger partial charge on any atom is 0.224 e. The van der Waals surface area contributed by atoms with Gasteiger partial charge in [-0.05, 0) is 38.0 Å². The van der Waals surface area contributed by atoms with Crippen molar-refractivity contribution in [3.05, 3.63) is 23.8 Å². The van der Waals surface area contributed by atoms with Gasteiger partial charge in [0.15, 0.2) is 11.5 Å². The lowest BCUT2D eigenvalue weighted by Crippen LogP contribution is -2.31. The summed E-state index contributed by atoms with van der Waals surface area (Å²) in [7, 11) is 0. The molecule has 1 amide bonds. The fourth-order valence-corrected chi connectivity index (χ4v) is 3.00. The van der Waals surface area contributed by atoms with Crippen molar-refractivity contribution in [2.45, 2.75) is 38.8 Å². The Bertz CT molecular complexity index is 557. The lowest BCUT2D eigenvalue weighted by Gasteiger charge is -2.17. The van der Waals surface area contributed by atoms with Crippen LogP contribution in [-0.4, -0.2) is 31.2 Å². The summed E-state index contributed by atoms with van der Waals surface area (Å²) in [4.78, 5) is 12.2. The first-order chi connectivity index (χ1) is 10.5. The highest BCUT2D eigenvalue weighted by molar-refractivity contribution is 5.79. The SMILES string of the molecule is CC1(C)CC(C(=O)NCc2ccc3c(c2)OCCCO3)CN1. The van der Waals surface area contributed by atoms with Crippen molar-refractivity contribution in [2.75, 3.05) is 19.8 Å². The van der Waals surface area contributed by atoms with E-state index in [4.69, 9.17) is 9.47 Å². The molecule has 1 saturated heterocycles. The van der Waals surface area contributed by atoms with Crippen LogP contribution in [0.25, 0.3) is 0 Å². The summed E-state index contributed by atoms with van der Waals surface area (Å²) in [5.41, 5.74) is 1.08. The average molecular weight is 304 g/mol. The van der Waals surface area contributed by atoms with Gasteiger partial charge in [-0.3, -0.25) is 4.79 Å². The Morgan fingerprint density at radius 1 is 1.32 bits per heavy atom. The first-order valence-electron chi connectivity index (χ1n) is 7.95. The zero-order valence-corrected chi connectivity index (χ0v) is 13.3. The topological polar surface area (TPSA) is 59.6 Å². The minimum atomic E-state index is 0.0513. The summed E-state index contributed by atoms with van der Waals surface area (Å²) in [6, 6.07) is 5.85. The summed E-state index contributed by atoms with van der Waals surface area (Å²) in [6.45, 7) is 6.89. The Kier molecular flexibility index (Phi) is 4.25. The average Bonchev–Trinajstić information content (AvgIpc) is 2.72. The Morgan fingerprint density at radius 3 is 2.82 bits per heavy atom. The number of benzene rings is 1. The van der Waals surface area contributed by atoms with E-state index in [0.717, 1.165) is 36.4 Å². The summed E-state index contributed by atoms with van der Waals surface area (Å²) < 4.78 is 11.3. The van der Waals surface area contributed by atoms with E-state index in [1.807, 2.05) is 18.2 Å². The van der Waals surface area contributed by atoms with Gasteiger partial charge in [-0.15, -0.1) is 0 Å². The zero-order chi connectivity index (χ0) is 15.6. The Labute approximate surface area is 131 Å². The molecule has 2 aliphatic heterocycles. The van der Waals surface area contributed by atoms with Crippen LogP contribution in [0.5, 0.6) is 11.5 Å². The van der Waals surface area contributed by atoms with E-state index in [9.17, 15) is 4.79 Å². The van der Waals surface area contributed by atoms with Gasteiger partial charge < -0.3 is 20.1 Å². The maximum absolute atomic E-state index is 12.2. The van der Waals surface area contributed by atoms with Gasteiger partial charge in [0.25, 0.3) is 0 Å². The molecule has 0 aliphatic carbocycles. The van der Waals surface area contributed by atoms with Crippen molar-refractivity contribution < 1.29 is 14.3 Å². The largest absolute Gasteiger partial charge is 0.490 e. The number of carbonyl (C=O) groups is 1. The standard InChI is InChI=1S/C17H24N2O3/c1-17(2)9-13(11-19-17)16(20)18-10-12-4-5-14-15(8-12)22-7-3-6-21-14/h4-5,8,13,19H,3,6-7,9-11H2,1-2H3,(H,18,20). The predicted molar refractivity (Wildman–Crippen MR) is 84.1 cm³/mol. The molecule has 2 N–H and O–H groups in total. The van der Waals surface area contributed by atoms with Crippen molar-refractivity contribution in [3.63, 3.8) is 0 Å². The minimum absolute atomic E-state index is 0.0513. The molecule has 0 saturated carbocycles. The highest BCUT2D eigenvalue weighted by Crippen LogP contribution is 2.30. The third-order valence-corrected chi connectivity index (χ3v) is 4.23. The second-order valence-electron chi connectivity index (χ2n) is 6.72. The molecule has 120 valence electrons. The number of nitrogens with one attached hydrogen (secondary N) is 2. The van der Waals surface area contributed by atoms with Crippen LogP contribution in [0.15, 0.2) is 18.2 Å². The first-order valence-corrected chi connectivity index (χ1v) is 7.95. The molecular formula is C17H24N2O3. The first kappa shape index (κ1) is 15.2. The number of rotatable bonds is 3. The number of hydrogen-bond donors (Lipinski definition) is 2. The fraction of sp³-hybridized carbons (Fsp3) is 0.588. The van der Waals surface area contributed by atoms with Crippen LogP contribution in [0.2, 0.25) is 0 Å². The molecule has 1 atom stereocenters. The van der Waals surface area contributed by atoms with Gasteiger partial charge in [-0.1, -0.05) is 6.07 Å². The minimum Gasteiger partial charge on any atom is -0.490 e. The molecule has 2 aliphatic rings. The van der Waals surface area contributed by atoms with Gasteiger partial charge in [-0.2, -0.15) is 0 Å². The van der Waals surface area contributed by atoms with Gasteiger partial charge in [0.2, 0.25) is 5.91 Å². The number of hydrogen-bond acceptors (Lipinski definition) is 4. The monoisotopic (exact) mass is 304 g/mol. The molecule has 1 aromatic rings. The molecule has 3 rings (SSSR count). The highest BCUT2D eigenvalue weighted by atomic mass is 16.5. The van der Waals surface area contributed by atoms with Gasteiger partial charge in [0.05, 0.1) is 19.1 Å². The van der Waals surface area contributed by atoms with Crippen molar-refractivity contribution in [2.24, 2.45) is 5.92 Å². The van der Waals surface area contributed by atoms with E-state index in [1.54, 1.807) is 0 Å². The van der Waals surface area contributed by atoms with Crippen LogP contribution < -0.4 is 20.1 Å². The fourth-order valence-electron chi connectivity index (χ4n) is 3.00. The molecule has 0 aromatic heterocycles. The van der Waals surface area contributed by atoms with E-state index >= 15 is 0 Å². The number of fused-ring (bicyclic) bond motifs is 1. The van der Waals surface area contributed by atoms with Crippen LogP contribution in [0.4, 0.5) is 0 Å². The molecular weight excluding hydrogens is 280 g/mol. The maximum atomic E-state index is 12.2. The van der Waals surface area contributed by atoms with Crippen LogP contribution >= 0.6 is 0 Å². The third-order valence-electron chi connectivity index (χ3n) is 4.23. The molecule has 0 spiro atoms. The molecule has 22 heavy (non-hydrogen) atoms. The summed E-state index contributed by atoms with van der Waals surface area (Å²) in [5.74, 6) is 1.72. The summed E-state index contributed by atoms with van der Waals surface area (Å²) >= 11 is 0. The van der Waals surface area contributed by atoms with E-state index < -0.39 is 0 Å². The molecule has 1 fully saturated rings. The Morgan fingerprint density at radius 2 is 2.09 bits per heavy atom.